The van der Waals surface area contributed by atoms with Crippen LogP contribution in [0.1, 0.15) is 38.4 Å². The largest absolute Gasteiger partial charge is 0.300 e. The Labute approximate surface area is 83.0 Å². The molecule has 3 heteroatoms. The maximum absolute atomic E-state index is 10.8. The Kier molecular flexibility index (Phi) is 2.86. The third-order valence-electron chi connectivity index (χ3n) is 1.62. The summed E-state index contributed by atoms with van der Waals surface area (Å²) in [5, 5.41) is 3.07. The number of rotatable bonds is 2. The monoisotopic (exact) mass is 197 g/mol. The fourth-order valence-corrected chi connectivity index (χ4v) is 1.89. The molecule has 2 nitrogen and oxygen atoms in total. The van der Waals surface area contributed by atoms with Crippen molar-refractivity contribution in [1.29, 1.82) is 0 Å². The zero-order valence-electron chi connectivity index (χ0n) is 8.55. The molecule has 1 aromatic heterocycles. The molecule has 0 saturated carbocycles. The molecule has 0 aliphatic rings. The Morgan fingerprint density at radius 1 is 1.54 bits per heavy atom. The molecule has 0 saturated heterocycles. The maximum atomic E-state index is 10.8. The zero-order valence-corrected chi connectivity index (χ0v) is 9.36. The number of nitrogens with zero attached hydrogens (tertiary/aromatic N) is 1. The van der Waals surface area contributed by atoms with Gasteiger partial charge in [0.1, 0.15) is 5.78 Å². The Morgan fingerprint density at radius 3 is 2.54 bits per heavy atom. The number of ketones is 1. The molecule has 0 atom stereocenters. The van der Waals surface area contributed by atoms with Crippen LogP contribution in [0, 0.1) is 0 Å². The first-order chi connectivity index (χ1) is 5.89. The summed E-state index contributed by atoms with van der Waals surface area (Å²) in [4.78, 5) is 15.3. The number of aromatic nitrogens is 1. The molecule has 0 aliphatic heterocycles. The number of carbonyl (C=O) groups excluding carboxylic acids is 1. The lowest BCUT2D eigenvalue weighted by atomic mass is 9.98. The van der Waals surface area contributed by atoms with Crippen LogP contribution in [-0.2, 0) is 16.6 Å². The lowest BCUT2D eigenvalue weighted by Gasteiger charge is -2.13. The van der Waals surface area contributed by atoms with Crippen LogP contribution in [-0.4, -0.2) is 10.8 Å². The van der Waals surface area contributed by atoms with E-state index in [2.05, 4.69) is 25.8 Å². The zero-order chi connectivity index (χ0) is 10.1. The maximum Gasteiger partial charge on any atom is 0.135 e. The molecule has 0 amide bonds. The van der Waals surface area contributed by atoms with E-state index >= 15 is 0 Å². The van der Waals surface area contributed by atoms with Crippen molar-refractivity contribution < 1.29 is 4.79 Å². The number of hydrogen-bond acceptors (Lipinski definition) is 3. The fraction of sp³-hybridized carbons (Fsp3) is 0.600. The minimum Gasteiger partial charge on any atom is -0.300 e. The molecule has 1 aromatic rings. The molecular formula is C10H15NOS. The molecule has 72 valence electrons. The van der Waals surface area contributed by atoms with Gasteiger partial charge in [-0.1, -0.05) is 20.8 Å². The van der Waals surface area contributed by atoms with Crippen molar-refractivity contribution in [1.82, 2.24) is 4.98 Å². The van der Waals surface area contributed by atoms with Gasteiger partial charge in [-0.15, -0.1) is 11.3 Å². The summed E-state index contributed by atoms with van der Waals surface area (Å²) >= 11 is 1.64. The summed E-state index contributed by atoms with van der Waals surface area (Å²) < 4.78 is 0. The van der Waals surface area contributed by atoms with E-state index in [1.165, 1.54) is 0 Å². The summed E-state index contributed by atoms with van der Waals surface area (Å²) in [5.74, 6) is 0.172. The normalized spacial score (nSPS) is 11.7. The van der Waals surface area contributed by atoms with E-state index in [9.17, 15) is 4.79 Å². The van der Waals surface area contributed by atoms with Crippen molar-refractivity contribution in [2.45, 2.75) is 39.5 Å². The SMILES string of the molecule is CC(=O)Cc1csc(C(C)(C)C)n1. The highest BCUT2D eigenvalue weighted by atomic mass is 32.1. The molecule has 13 heavy (non-hydrogen) atoms. The third kappa shape index (κ3) is 2.92. The van der Waals surface area contributed by atoms with Crippen molar-refractivity contribution in [3.63, 3.8) is 0 Å². The van der Waals surface area contributed by atoms with Crippen LogP contribution in [0.4, 0.5) is 0 Å². The average molecular weight is 197 g/mol. The predicted molar refractivity (Wildman–Crippen MR) is 55.2 cm³/mol. The van der Waals surface area contributed by atoms with Crippen molar-refractivity contribution in [3.05, 3.63) is 16.1 Å². The quantitative estimate of drug-likeness (QED) is 0.729. The highest BCUT2D eigenvalue weighted by Crippen LogP contribution is 2.25. The van der Waals surface area contributed by atoms with Gasteiger partial charge in [-0.3, -0.25) is 4.79 Å². The van der Waals surface area contributed by atoms with E-state index < -0.39 is 0 Å². The minimum atomic E-state index is 0.0969. The molecule has 1 rings (SSSR count). The van der Waals surface area contributed by atoms with Gasteiger partial charge in [-0.05, 0) is 6.92 Å². The minimum absolute atomic E-state index is 0.0969. The van der Waals surface area contributed by atoms with E-state index in [0.717, 1.165) is 10.7 Å². The standard InChI is InChI=1S/C10H15NOS/c1-7(12)5-8-6-13-9(11-8)10(2,3)4/h6H,5H2,1-4H3. The van der Waals surface area contributed by atoms with Gasteiger partial charge in [-0.25, -0.2) is 4.98 Å². The van der Waals surface area contributed by atoms with Crippen LogP contribution in [0.25, 0.3) is 0 Å². The predicted octanol–water partition coefficient (Wildman–Crippen LogP) is 2.57. The second-order valence-corrected chi connectivity index (χ2v) is 5.13. The van der Waals surface area contributed by atoms with Gasteiger partial charge in [0.15, 0.2) is 0 Å². The molecule has 0 unspecified atom stereocenters. The van der Waals surface area contributed by atoms with Crippen molar-refractivity contribution in [3.8, 4) is 0 Å². The van der Waals surface area contributed by atoms with Gasteiger partial charge in [0, 0.05) is 17.2 Å². The van der Waals surface area contributed by atoms with Gasteiger partial charge in [0.25, 0.3) is 0 Å². The topological polar surface area (TPSA) is 30.0 Å². The first-order valence-corrected chi connectivity index (χ1v) is 5.22. The van der Waals surface area contributed by atoms with Gasteiger partial charge < -0.3 is 0 Å². The highest BCUT2D eigenvalue weighted by Gasteiger charge is 2.17. The number of hydrogen-bond donors (Lipinski definition) is 0. The first kappa shape index (κ1) is 10.4. The summed E-state index contributed by atoms with van der Waals surface area (Å²) in [5.41, 5.74) is 1.00. The fourth-order valence-electron chi connectivity index (χ4n) is 0.988. The molecule has 0 aromatic carbocycles. The Hall–Kier alpha value is -0.700. The van der Waals surface area contributed by atoms with E-state index in [1.54, 1.807) is 18.3 Å². The van der Waals surface area contributed by atoms with Gasteiger partial charge in [0.2, 0.25) is 0 Å². The molecule has 1 heterocycles. The van der Waals surface area contributed by atoms with E-state index in [4.69, 9.17) is 0 Å². The molecule has 0 bridgehead atoms. The van der Waals surface area contributed by atoms with Gasteiger partial charge in [0.05, 0.1) is 10.7 Å². The summed E-state index contributed by atoms with van der Waals surface area (Å²) in [6.45, 7) is 7.98. The van der Waals surface area contributed by atoms with E-state index in [0.29, 0.717) is 6.42 Å². The Morgan fingerprint density at radius 2 is 2.15 bits per heavy atom. The Balaban J connectivity index is 2.81. The van der Waals surface area contributed by atoms with Crippen LogP contribution in [0.15, 0.2) is 5.38 Å². The van der Waals surface area contributed by atoms with Gasteiger partial charge in [-0.2, -0.15) is 0 Å². The molecule has 0 N–H and O–H groups in total. The number of thiazole rings is 1. The second kappa shape index (κ2) is 3.58. The van der Waals surface area contributed by atoms with Crippen LogP contribution in [0.2, 0.25) is 0 Å². The van der Waals surface area contributed by atoms with Crippen molar-refractivity contribution in [2.75, 3.05) is 0 Å². The summed E-state index contributed by atoms with van der Waals surface area (Å²) in [6, 6.07) is 0. The summed E-state index contributed by atoms with van der Waals surface area (Å²) in [7, 11) is 0. The second-order valence-electron chi connectivity index (χ2n) is 4.27. The van der Waals surface area contributed by atoms with Crippen LogP contribution < -0.4 is 0 Å². The van der Waals surface area contributed by atoms with Crippen molar-refractivity contribution in [2.24, 2.45) is 0 Å². The van der Waals surface area contributed by atoms with Gasteiger partial charge >= 0.3 is 0 Å². The van der Waals surface area contributed by atoms with Crippen LogP contribution in [0.3, 0.4) is 0 Å². The van der Waals surface area contributed by atoms with E-state index in [1.807, 2.05) is 5.38 Å². The number of Topliss-reactive ketones (excluding diaryl/α,β-unsaturated/α-hetero) is 1. The Bertz CT molecular complexity index is 309. The number of carbonyl (C=O) groups is 1. The third-order valence-corrected chi connectivity index (χ3v) is 2.94. The van der Waals surface area contributed by atoms with Crippen molar-refractivity contribution >= 4 is 17.1 Å². The lowest BCUT2D eigenvalue weighted by Crippen LogP contribution is -2.10. The molecule has 0 radical (unpaired) electrons. The first-order valence-electron chi connectivity index (χ1n) is 4.34. The lowest BCUT2D eigenvalue weighted by molar-refractivity contribution is -0.116. The summed E-state index contributed by atoms with van der Waals surface area (Å²) in [6.07, 6.45) is 0.465. The molecule has 0 aliphatic carbocycles. The molecule has 0 fully saturated rings. The molecular weight excluding hydrogens is 182 g/mol. The van der Waals surface area contributed by atoms with Crippen LogP contribution in [0.5, 0.6) is 0 Å². The van der Waals surface area contributed by atoms with E-state index in [-0.39, 0.29) is 11.2 Å². The smallest absolute Gasteiger partial charge is 0.135 e. The molecule has 0 spiro atoms. The highest BCUT2D eigenvalue weighted by molar-refractivity contribution is 7.09. The van der Waals surface area contributed by atoms with Crippen LogP contribution >= 0.6 is 11.3 Å². The average Bonchev–Trinajstić information content (AvgIpc) is 2.32.